The van der Waals surface area contributed by atoms with Crippen LogP contribution in [-0.2, 0) is 22.4 Å². The fourth-order valence-corrected chi connectivity index (χ4v) is 3.63. The summed E-state index contributed by atoms with van der Waals surface area (Å²) in [4.78, 5) is 40.9. The third-order valence-corrected chi connectivity index (χ3v) is 5.49. The Morgan fingerprint density at radius 2 is 1.83 bits per heavy atom. The van der Waals surface area contributed by atoms with Gasteiger partial charge in [-0.2, -0.15) is 0 Å². The van der Waals surface area contributed by atoms with Crippen molar-refractivity contribution in [3.05, 3.63) is 93.4 Å². The fourth-order valence-electron chi connectivity index (χ4n) is 3.52. The summed E-state index contributed by atoms with van der Waals surface area (Å²) in [6.45, 7) is 0. The Morgan fingerprint density at radius 1 is 1.07 bits per heavy atom. The number of ketones is 2. The second kappa shape index (κ2) is 8.32. The lowest BCUT2D eigenvalue weighted by Crippen LogP contribution is -2.16. The summed E-state index contributed by atoms with van der Waals surface area (Å²) in [6.07, 6.45) is 3.60. The van der Waals surface area contributed by atoms with E-state index in [0.717, 1.165) is 0 Å². The predicted molar refractivity (Wildman–Crippen MR) is 110 cm³/mol. The molecule has 30 heavy (non-hydrogen) atoms. The van der Waals surface area contributed by atoms with Crippen molar-refractivity contribution in [3.8, 4) is 5.69 Å². The summed E-state index contributed by atoms with van der Waals surface area (Å²) >= 11 is 5.79. The average Bonchev–Trinajstić information content (AvgIpc) is 3.53. The normalized spacial score (nSPS) is 17.5. The van der Waals surface area contributed by atoms with Gasteiger partial charge in [0, 0.05) is 48.8 Å². The van der Waals surface area contributed by atoms with Crippen LogP contribution in [0.1, 0.15) is 17.7 Å². The Bertz CT molecular complexity index is 1170. The maximum atomic E-state index is 14.5. The molecule has 2 aromatic heterocycles. The van der Waals surface area contributed by atoms with Gasteiger partial charge in [-0.15, -0.1) is 0 Å². The number of hydrogen-bond donors (Lipinski definition) is 0. The van der Waals surface area contributed by atoms with Crippen LogP contribution >= 0.6 is 11.6 Å². The molecule has 1 aliphatic carbocycles. The zero-order chi connectivity index (χ0) is 21.3. The molecule has 7 heteroatoms. The molecule has 0 unspecified atom stereocenters. The molecule has 3 aromatic rings. The smallest absolute Gasteiger partial charge is 0.255 e. The molecule has 5 nitrogen and oxygen atoms in total. The van der Waals surface area contributed by atoms with Crippen molar-refractivity contribution in [2.45, 2.75) is 19.3 Å². The Hall–Kier alpha value is -3.12. The monoisotopic (exact) mass is 424 g/mol. The van der Waals surface area contributed by atoms with E-state index in [4.69, 9.17) is 11.6 Å². The lowest BCUT2D eigenvalue weighted by molar-refractivity contribution is -0.124. The van der Waals surface area contributed by atoms with Crippen molar-refractivity contribution in [2.24, 2.45) is 11.8 Å². The molecule has 0 aliphatic heterocycles. The van der Waals surface area contributed by atoms with Crippen LogP contribution in [-0.4, -0.2) is 21.1 Å². The average molecular weight is 425 g/mol. The van der Waals surface area contributed by atoms with Crippen molar-refractivity contribution in [3.63, 3.8) is 0 Å². The van der Waals surface area contributed by atoms with E-state index in [1.165, 1.54) is 29.0 Å². The number of Topliss-reactive ketones (excluding diaryl/α,β-unsaturated/α-hetero) is 2. The van der Waals surface area contributed by atoms with Crippen LogP contribution in [0.15, 0.2) is 65.7 Å². The van der Waals surface area contributed by atoms with Crippen molar-refractivity contribution in [1.82, 2.24) is 9.55 Å². The topological polar surface area (TPSA) is 69.0 Å². The van der Waals surface area contributed by atoms with E-state index in [9.17, 15) is 18.8 Å². The van der Waals surface area contributed by atoms with Gasteiger partial charge in [-0.05, 0) is 42.3 Å². The highest BCUT2D eigenvalue weighted by atomic mass is 35.5. The summed E-state index contributed by atoms with van der Waals surface area (Å²) < 4.78 is 15.9. The maximum absolute atomic E-state index is 14.5. The molecule has 0 bridgehead atoms. The van der Waals surface area contributed by atoms with Crippen LogP contribution < -0.4 is 5.56 Å². The summed E-state index contributed by atoms with van der Waals surface area (Å²) in [5, 5.41) is 0.496. The van der Waals surface area contributed by atoms with Crippen LogP contribution in [0.3, 0.4) is 0 Å². The number of halogens is 2. The minimum Gasteiger partial charge on any atom is -0.299 e. The maximum Gasteiger partial charge on any atom is 0.255 e. The number of aromatic nitrogens is 2. The summed E-state index contributed by atoms with van der Waals surface area (Å²) in [7, 11) is 0. The van der Waals surface area contributed by atoms with E-state index in [2.05, 4.69) is 4.98 Å². The first kappa shape index (κ1) is 20.2. The Morgan fingerprint density at radius 3 is 2.50 bits per heavy atom. The molecule has 0 amide bonds. The van der Waals surface area contributed by atoms with Gasteiger partial charge in [0.25, 0.3) is 5.56 Å². The largest absolute Gasteiger partial charge is 0.299 e. The van der Waals surface area contributed by atoms with Crippen molar-refractivity contribution < 1.29 is 14.0 Å². The van der Waals surface area contributed by atoms with Gasteiger partial charge in [-0.3, -0.25) is 23.9 Å². The van der Waals surface area contributed by atoms with E-state index in [0.29, 0.717) is 22.8 Å². The van der Waals surface area contributed by atoms with Gasteiger partial charge in [0.2, 0.25) is 0 Å². The van der Waals surface area contributed by atoms with Gasteiger partial charge >= 0.3 is 0 Å². The quantitative estimate of drug-likeness (QED) is 0.581. The molecule has 0 saturated heterocycles. The van der Waals surface area contributed by atoms with Crippen LogP contribution in [0.5, 0.6) is 0 Å². The number of benzene rings is 1. The van der Waals surface area contributed by atoms with Gasteiger partial charge < -0.3 is 0 Å². The molecule has 1 saturated carbocycles. The first-order chi connectivity index (χ1) is 14.4. The lowest BCUT2D eigenvalue weighted by Gasteiger charge is -2.08. The number of rotatable bonds is 7. The molecule has 2 atom stereocenters. The third kappa shape index (κ3) is 4.39. The Kier molecular flexibility index (Phi) is 5.59. The molecule has 1 aromatic carbocycles. The van der Waals surface area contributed by atoms with Crippen LogP contribution in [0, 0.1) is 17.7 Å². The van der Waals surface area contributed by atoms with Crippen LogP contribution in [0.2, 0.25) is 5.02 Å². The molecule has 152 valence electrons. The van der Waals surface area contributed by atoms with Gasteiger partial charge in [0.05, 0.1) is 10.7 Å². The Labute approximate surface area is 177 Å². The van der Waals surface area contributed by atoms with Gasteiger partial charge in [0.15, 0.2) is 0 Å². The van der Waals surface area contributed by atoms with Crippen molar-refractivity contribution in [2.75, 3.05) is 0 Å². The Balaban J connectivity index is 1.39. The predicted octanol–water partition coefficient (Wildman–Crippen LogP) is 3.58. The highest BCUT2D eigenvalue weighted by molar-refractivity contribution is 6.30. The highest BCUT2D eigenvalue weighted by Gasteiger charge is 2.46. The van der Waals surface area contributed by atoms with Crippen molar-refractivity contribution >= 4 is 23.2 Å². The van der Waals surface area contributed by atoms with Gasteiger partial charge in [0.1, 0.15) is 17.4 Å². The molecule has 0 spiro atoms. The molecular formula is C23H18ClFN2O3. The number of pyridine rings is 2. The third-order valence-electron chi connectivity index (χ3n) is 5.26. The fraction of sp³-hybridized carbons (Fsp3) is 0.217. The summed E-state index contributed by atoms with van der Waals surface area (Å²) in [5.41, 5.74) is 0.991. The number of hydrogen-bond acceptors (Lipinski definition) is 4. The highest BCUT2D eigenvalue weighted by Crippen LogP contribution is 2.41. The van der Waals surface area contributed by atoms with E-state index in [-0.39, 0.29) is 47.4 Å². The first-order valence-corrected chi connectivity index (χ1v) is 9.92. The van der Waals surface area contributed by atoms with Gasteiger partial charge in [-0.1, -0.05) is 23.7 Å². The zero-order valence-corrected chi connectivity index (χ0v) is 16.7. The van der Waals surface area contributed by atoms with Crippen LogP contribution in [0.25, 0.3) is 5.69 Å². The summed E-state index contributed by atoms with van der Waals surface area (Å²) in [5.74, 6) is -1.45. The minimum atomic E-state index is -0.550. The molecule has 0 radical (unpaired) electrons. The second-order valence-electron chi connectivity index (χ2n) is 7.39. The standard InChI is InChI=1S/C23H18ClFN2O3/c24-15-5-6-16(26-13-15)10-22(29)19-12-18(19)21(28)9-14-4-7-17(11-20(14)25)27-8-2-1-3-23(27)30/h1-8,11,13,18-19H,9-10,12H2/t18-,19+/m0/s1. The minimum absolute atomic E-state index is 0.0394. The number of carbonyl (C=O) groups excluding carboxylic acids is 2. The molecule has 0 N–H and O–H groups in total. The molecule has 1 fully saturated rings. The first-order valence-electron chi connectivity index (χ1n) is 9.55. The van der Waals surface area contributed by atoms with E-state index >= 15 is 0 Å². The van der Waals surface area contributed by atoms with Crippen molar-refractivity contribution in [1.29, 1.82) is 0 Å². The second-order valence-corrected chi connectivity index (χ2v) is 7.82. The van der Waals surface area contributed by atoms with Crippen LogP contribution in [0.4, 0.5) is 4.39 Å². The summed E-state index contributed by atoms with van der Waals surface area (Å²) in [6, 6.07) is 12.4. The van der Waals surface area contributed by atoms with E-state index in [1.807, 2.05) is 0 Å². The molecule has 1 aliphatic rings. The molecular weight excluding hydrogens is 407 g/mol. The number of nitrogens with zero attached hydrogens (tertiary/aromatic N) is 2. The SMILES string of the molecule is O=C(Cc1ccc(-n2ccccc2=O)cc1F)[C@H]1C[C@H]1C(=O)Cc1ccc(Cl)cn1. The van der Waals surface area contributed by atoms with Gasteiger partial charge in [-0.25, -0.2) is 4.39 Å². The van der Waals surface area contributed by atoms with E-state index < -0.39 is 5.82 Å². The van der Waals surface area contributed by atoms with E-state index in [1.54, 1.807) is 36.5 Å². The zero-order valence-electron chi connectivity index (χ0n) is 15.9. The molecule has 2 heterocycles. The number of carbonyl (C=O) groups is 2. The molecule has 4 rings (SSSR count). The lowest BCUT2D eigenvalue weighted by atomic mass is 10.0.